The highest BCUT2D eigenvalue weighted by Crippen LogP contribution is 2.36. The second kappa shape index (κ2) is 13.3. The molecular formula is C55H33N3O. The van der Waals surface area contributed by atoms with Gasteiger partial charge in [0.25, 0.3) is 0 Å². The standard InChI is InChI=1S/C55H33N3O/c1-2-8-34(9-3-1)38-19-20-41-28-44(24-21-40(41)27-38)53-56-54(45-23-16-36-15-18-42(29-47(36)30-45)39-17-14-35-10-4-5-11-37(35)26-39)58-55(57-53)46-25-22-43-32-50-49-12-6-7-13-51(49)59-52(50)33-48(43)31-46/h1-33H. The average Bonchev–Trinajstić information content (AvgIpc) is 3.67. The van der Waals surface area contributed by atoms with Gasteiger partial charge in [-0.05, 0) is 120 Å². The van der Waals surface area contributed by atoms with Crippen LogP contribution >= 0.6 is 0 Å². The molecule has 0 saturated heterocycles. The Hall–Kier alpha value is -7.95. The minimum atomic E-state index is 0.612. The number of benzene rings is 10. The maximum atomic E-state index is 6.28. The number of nitrogens with zero attached hydrogens (tertiary/aromatic N) is 3. The smallest absolute Gasteiger partial charge is 0.164 e. The number of hydrogen-bond acceptors (Lipinski definition) is 4. The van der Waals surface area contributed by atoms with Crippen molar-refractivity contribution in [1.82, 2.24) is 15.0 Å². The molecule has 4 nitrogen and oxygen atoms in total. The van der Waals surface area contributed by atoms with Crippen LogP contribution in [0.25, 0.3) is 121 Å². The Bertz CT molecular complexity index is 3620. The van der Waals surface area contributed by atoms with Crippen molar-refractivity contribution < 1.29 is 4.42 Å². The van der Waals surface area contributed by atoms with Crippen molar-refractivity contribution in [2.24, 2.45) is 0 Å². The highest BCUT2D eigenvalue weighted by atomic mass is 16.3. The topological polar surface area (TPSA) is 51.8 Å². The molecular weight excluding hydrogens is 719 g/mol. The first kappa shape index (κ1) is 33.2. The van der Waals surface area contributed by atoms with E-state index in [9.17, 15) is 0 Å². The summed E-state index contributed by atoms with van der Waals surface area (Å²) in [4.78, 5) is 15.5. The van der Waals surface area contributed by atoms with E-state index >= 15 is 0 Å². The molecule has 0 aliphatic rings. The molecule has 0 fully saturated rings. The van der Waals surface area contributed by atoms with Crippen LogP contribution in [-0.2, 0) is 0 Å². The first-order valence-electron chi connectivity index (χ1n) is 19.9. The van der Waals surface area contributed by atoms with Gasteiger partial charge in [-0.25, -0.2) is 15.0 Å². The van der Waals surface area contributed by atoms with Crippen molar-refractivity contribution >= 4 is 65.0 Å². The van der Waals surface area contributed by atoms with Gasteiger partial charge in [-0.3, -0.25) is 0 Å². The van der Waals surface area contributed by atoms with Crippen LogP contribution in [0, 0.1) is 0 Å². The molecule has 2 heterocycles. The Morgan fingerprint density at radius 2 is 0.644 bits per heavy atom. The highest BCUT2D eigenvalue weighted by Gasteiger charge is 2.16. The number of hydrogen-bond donors (Lipinski definition) is 0. The molecule has 274 valence electrons. The summed E-state index contributed by atoms with van der Waals surface area (Å²) >= 11 is 0. The molecule has 0 aliphatic carbocycles. The molecule has 0 aliphatic heterocycles. The molecule has 12 rings (SSSR count). The number of rotatable bonds is 5. The lowest BCUT2D eigenvalue weighted by molar-refractivity contribution is 0.669. The summed E-state index contributed by atoms with van der Waals surface area (Å²) in [5, 5.41) is 11.4. The lowest BCUT2D eigenvalue weighted by Gasteiger charge is -2.11. The van der Waals surface area contributed by atoms with Crippen LogP contribution in [0.15, 0.2) is 205 Å². The van der Waals surface area contributed by atoms with Crippen LogP contribution in [-0.4, -0.2) is 15.0 Å². The molecule has 0 amide bonds. The van der Waals surface area contributed by atoms with Gasteiger partial charge in [-0.1, -0.05) is 146 Å². The Morgan fingerprint density at radius 1 is 0.237 bits per heavy atom. The lowest BCUT2D eigenvalue weighted by Crippen LogP contribution is -2.00. The minimum Gasteiger partial charge on any atom is -0.456 e. The third kappa shape index (κ3) is 5.89. The van der Waals surface area contributed by atoms with Gasteiger partial charge < -0.3 is 4.42 Å². The Labute approximate surface area is 339 Å². The molecule has 0 bridgehead atoms. The van der Waals surface area contributed by atoms with Crippen LogP contribution < -0.4 is 0 Å². The van der Waals surface area contributed by atoms with E-state index in [0.717, 1.165) is 70.9 Å². The molecule has 0 atom stereocenters. The predicted molar refractivity (Wildman–Crippen MR) is 244 cm³/mol. The van der Waals surface area contributed by atoms with Gasteiger partial charge in [0.1, 0.15) is 11.2 Å². The largest absolute Gasteiger partial charge is 0.456 e. The molecule has 0 N–H and O–H groups in total. The van der Waals surface area contributed by atoms with Crippen LogP contribution in [0.1, 0.15) is 0 Å². The van der Waals surface area contributed by atoms with E-state index in [1.165, 1.54) is 33.0 Å². The van der Waals surface area contributed by atoms with Gasteiger partial charge >= 0.3 is 0 Å². The van der Waals surface area contributed by atoms with Crippen LogP contribution in [0.2, 0.25) is 0 Å². The minimum absolute atomic E-state index is 0.612. The van der Waals surface area contributed by atoms with Gasteiger partial charge in [0, 0.05) is 27.5 Å². The second-order valence-electron chi connectivity index (χ2n) is 15.3. The van der Waals surface area contributed by atoms with Crippen LogP contribution in [0.4, 0.5) is 0 Å². The Kier molecular flexibility index (Phi) is 7.50. The van der Waals surface area contributed by atoms with Gasteiger partial charge in [-0.15, -0.1) is 0 Å². The third-order valence-electron chi connectivity index (χ3n) is 11.6. The first-order valence-corrected chi connectivity index (χ1v) is 19.9. The van der Waals surface area contributed by atoms with Crippen molar-refractivity contribution in [1.29, 1.82) is 0 Å². The summed E-state index contributed by atoms with van der Waals surface area (Å²) in [6.45, 7) is 0. The van der Waals surface area contributed by atoms with E-state index in [2.05, 4.69) is 182 Å². The summed E-state index contributed by atoms with van der Waals surface area (Å²) in [6, 6.07) is 70.8. The number of fused-ring (bicyclic) bond motifs is 7. The quantitative estimate of drug-likeness (QED) is 0.176. The summed E-state index contributed by atoms with van der Waals surface area (Å²) in [7, 11) is 0. The van der Waals surface area contributed by atoms with Crippen molar-refractivity contribution in [3.05, 3.63) is 200 Å². The van der Waals surface area contributed by atoms with Crippen molar-refractivity contribution in [2.45, 2.75) is 0 Å². The SMILES string of the molecule is c1ccc(-c2ccc3cc(-c4nc(-c5ccc6ccc(-c7ccc8ccccc8c7)cc6c5)nc(-c5ccc6cc7c(cc6c5)oc5ccccc57)n4)ccc3c2)cc1. The zero-order chi connectivity index (χ0) is 38.9. The average molecular weight is 752 g/mol. The van der Waals surface area contributed by atoms with E-state index in [4.69, 9.17) is 19.4 Å². The van der Waals surface area contributed by atoms with E-state index in [-0.39, 0.29) is 0 Å². The maximum absolute atomic E-state index is 6.28. The normalized spacial score (nSPS) is 11.7. The number of para-hydroxylation sites is 1. The van der Waals surface area contributed by atoms with Gasteiger partial charge in [0.2, 0.25) is 0 Å². The maximum Gasteiger partial charge on any atom is 0.164 e. The zero-order valence-corrected chi connectivity index (χ0v) is 31.8. The van der Waals surface area contributed by atoms with Crippen molar-refractivity contribution in [3.63, 3.8) is 0 Å². The van der Waals surface area contributed by atoms with E-state index in [0.29, 0.717) is 17.5 Å². The first-order chi connectivity index (χ1) is 29.1. The molecule has 59 heavy (non-hydrogen) atoms. The zero-order valence-electron chi connectivity index (χ0n) is 31.8. The molecule has 0 spiro atoms. The molecule has 0 unspecified atom stereocenters. The van der Waals surface area contributed by atoms with E-state index in [1.54, 1.807) is 0 Å². The highest BCUT2D eigenvalue weighted by molar-refractivity contribution is 6.10. The molecule has 0 radical (unpaired) electrons. The molecule has 2 aromatic heterocycles. The lowest BCUT2D eigenvalue weighted by atomic mass is 9.97. The predicted octanol–water partition coefficient (Wildman–Crippen LogP) is 14.7. The van der Waals surface area contributed by atoms with E-state index < -0.39 is 0 Å². The molecule has 4 heteroatoms. The summed E-state index contributed by atoms with van der Waals surface area (Å²) in [6.07, 6.45) is 0. The van der Waals surface area contributed by atoms with Gasteiger partial charge in [0.05, 0.1) is 0 Å². The fourth-order valence-corrected chi connectivity index (χ4v) is 8.50. The Balaban J connectivity index is 0.997. The fourth-order valence-electron chi connectivity index (χ4n) is 8.50. The summed E-state index contributed by atoms with van der Waals surface area (Å²) in [5.41, 5.74) is 9.24. The third-order valence-corrected chi connectivity index (χ3v) is 11.6. The van der Waals surface area contributed by atoms with Crippen molar-refractivity contribution in [2.75, 3.05) is 0 Å². The van der Waals surface area contributed by atoms with E-state index in [1.807, 2.05) is 18.2 Å². The molecule has 0 saturated carbocycles. The monoisotopic (exact) mass is 751 g/mol. The molecule has 10 aromatic carbocycles. The van der Waals surface area contributed by atoms with Crippen molar-refractivity contribution in [3.8, 4) is 56.4 Å². The van der Waals surface area contributed by atoms with Crippen LogP contribution in [0.5, 0.6) is 0 Å². The Morgan fingerprint density at radius 3 is 1.29 bits per heavy atom. The number of furan rings is 1. The second-order valence-corrected chi connectivity index (χ2v) is 15.3. The molecule has 12 aromatic rings. The van der Waals surface area contributed by atoms with Gasteiger partial charge in [-0.2, -0.15) is 0 Å². The summed E-state index contributed by atoms with van der Waals surface area (Å²) < 4.78 is 6.28. The fraction of sp³-hybridized carbons (Fsp3) is 0. The van der Waals surface area contributed by atoms with Crippen LogP contribution in [0.3, 0.4) is 0 Å². The number of aromatic nitrogens is 3. The summed E-state index contributed by atoms with van der Waals surface area (Å²) in [5.74, 6) is 1.85. The van der Waals surface area contributed by atoms with Gasteiger partial charge in [0.15, 0.2) is 17.5 Å².